The van der Waals surface area contributed by atoms with E-state index < -0.39 is 0 Å². The standard InChI is InChI=1S/C15H20N4S/c1-18-10-6-9-13(18)11-19(2)15-17-16-14(20-15)12-7-4-3-5-8-12/h3-5,7-8,13H,6,9-11H2,1-2H3. The van der Waals surface area contributed by atoms with Crippen LogP contribution in [-0.2, 0) is 0 Å². The molecule has 3 rings (SSSR count). The molecule has 0 saturated carbocycles. The Labute approximate surface area is 124 Å². The number of likely N-dealkylation sites (N-methyl/N-ethyl adjacent to an activating group) is 2. The zero-order valence-electron chi connectivity index (χ0n) is 12.0. The SMILES string of the molecule is CN(CC1CCCN1C)c1nnc(-c2ccccc2)s1. The summed E-state index contributed by atoms with van der Waals surface area (Å²) in [5, 5.41) is 10.6. The maximum atomic E-state index is 4.34. The van der Waals surface area contributed by atoms with Gasteiger partial charge in [-0.1, -0.05) is 41.7 Å². The summed E-state index contributed by atoms with van der Waals surface area (Å²) in [4.78, 5) is 4.67. The molecule has 1 aromatic heterocycles. The fourth-order valence-electron chi connectivity index (χ4n) is 2.67. The van der Waals surface area contributed by atoms with Crippen molar-refractivity contribution in [3.63, 3.8) is 0 Å². The quantitative estimate of drug-likeness (QED) is 0.866. The summed E-state index contributed by atoms with van der Waals surface area (Å²) >= 11 is 1.66. The lowest BCUT2D eigenvalue weighted by atomic mass is 10.2. The Kier molecular flexibility index (Phi) is 3.98. The fraction of sp³-hybridized carbons (Fsp3) is 0.467. The third kappa shape index (κ3) is 2.83. The van der Waals surface area contributed by atoms with Crippen molar-refractivity contribution in [2.24, 2.45) is 0 Å². The van der Waals surface area contributed by atoms with Crippen LogP contribution in [0.25, 0.3) is 10.6 Å². The normalized spacial score (nSPS) is 19.4. The van der Waals surface area contributed by atoms with Crippen molar-refractivity contribution in [1.29, 1.82) is 0 Å². The van der Waals surface area contributed by atoms with Gasteiger partial charge in [-0.15, -0.1) is 10.2 Å². The molecule has 2 aromatic rings. The molecule has 5 heteroatoms. The van der Waals surface area contributed by atoms with Gasteiger partial charge in [-0.05, 0) is 26.4 Å². The lowest BCUT2D eigenvalue weighted by molar-refractivity contribution is 0.314. The van der Waals surface area contributed by atoms with Crippen molar-refractivity contribution >= 4 is 16.5 Å². The lowest BCUT2D eigenvalue weighted by Crippen LogP contribution is -2.36. The highest BCUT2D eigenvalue weighted by Gasteiger charge is 2.23. The highest BCUT2D eigenvalue weighted by atomic mass is 32.1. The molecule has 1 aromatic carbocycles. The van der Waals surface area contributed by atoms with Crippen molar-refractivity contribution in [2.75, 3.05) is 32.1 Å². The Hall–Kier alpha value is -1.46. The van der Waals surface area contributed by atoms with Crippen molar-refractivity contribution in [1.82, 2.24) is 15.1 Å². The second kappa shape index (κ2) is 5.89. The summed E-state index contributed by atoms with van der Waals surface area (Å²) in [6.45, 7) is 2.24. The van der Waals surface area contributed by atoms with Crippen molar-refractivity contribution < 1.29 is 0 Å². The predicted octanol–water partition coefficient (Wildman–Crippen LogP) is 2.74. The van der Waals surface area contributed by atoms with Crippen LogP contribution in [0.5, 0.6) is 0 Å². The molecule has 0 radical (unpaired) electrons. The van der Waals surface area contributed by atoms with Crippen LogP contribution in [0.1, 0.15) is 12.8 Å². The van der Waals surface area contributed by atoms with Gasteiger partial charge in [-0.25, -0.2) is 0 Å². The molecule has 0 spiro atoms. The third-order valence-electron chi connectivity index (χ3n) is 3.92. The number of hydrogen-bond acceptors (Lipinski definition) is 5. The first-order valence-electron chi connectivity index (χ1n) is 7.04. The first kappa shape index (κ1) is 13.5. The number of likely N-dealkylation sites (tertiary alicyclic amines) is 1. The van der Waals surface area contributed by atoms with Crippen LogP contribution in [0.3, 0.4) is 0 Å². The highest BCUT2D eigenvalue weighted by molar-refractivity contribution is 7.18. The van der Waals surface area contributed by atoms with E-state index in [1.807, 2.05) is 18.2 Å². The van der Waals surface area contributed by atoms with Gasteiger partial charge in [0.1, 0.15) is 5.01 Å². The van der Waals surface area contributed by atoms with Crippen LogP contribution >= 0.6 is 11.3 Å². The van der Waals surface area contributed by atoms with Gasteiger partial charge in [0.15, 0.2) is 0 Å². The average molecular weight is 288 g/mol. The van der Waals surface area contributed by atoms with Gasteiger partial charge in [-0.3, -0.25) is 0 Å². The van der Waals surface area contributed by atoms with E-state index in [0.717, 1.165) is 22.2 Å². The molecule has 0 N–H and O–H groups in total. The van der Waals surface area contributed by atoms with Crippen molar-refractivity contribution in [3.05, 3.63) is 30.3 Å². The second-order valence-corrected chi connectivity index (χ2v) is 6.37. The molecule has 1 fully saturated rings. The molecule has 1 aliphatic heterocycles. The van der Waals surface area contributed by atoms with Gasteiger partial charge in [0, 0.05) is 25.2 Å². The van der Waals surface area contributed by atoms with E-state index in [4.69, 9.17) is 0 Å². The van der Waals surface area contributed by atoms with E-state index >= 15 is 0 Å². The summed E-state index contributed by atoms with van der Waals surface area (Å²) in [5.74, 6) is 0. The minimum absolute atomic E-state index is 0.643. The zero-order valence-corrected chi connectivity index (χ0v) is 12.8. The Morgan fingerprint density at radius 3 is 2.80 bits per heavy atom. The molecule has 0 amide bonds. The summed E-state index contributed by atoms with van der Waals surface area (Å²) < 4.78 is 0. The van der Waals surface area contributed by atoms with Crippen molar-refractivity contribution in [2.45, 2.75) is 18.9 Å². The molecule has 2 heterocycles. The van der Waals surface area contributed by atoms with E-state index in [9.17, 15) is 0 Å². The largest absolute Gasteiger partial charge is 0.348 e. The van der Waals surface area contributed by atoms with E-state index in [-0.39, 0.29) is 0 Å². The van der Waals surface area contributed by atoms with Gasteiger partial charge in [0.25, 0.3) is 0 Å². The number of anilines is 1. The first-order chi connectivity index (χ1) is 9.74. The average Bonchev–Trinajstić information content (AvgIpc) is 3.10. The molecule has 20 heavy (non-hydrogen) atoms. The lowest BCUT2D eigenvalue weighted by Gasteiger charge is -2.25. The van der Waals surface area contributed by atoms with Crippen LogP contribution in [0.4, 0.5) is 5.13 Å². The summed E-state index contributed by atoms with van der Waals surface area (Å²) in [6, 6.07) is 10.9. The van der Waals surface area contributed by atoms with E-state index in [2.05, 4.69) is 46.2 Å². The molecule has 0 bridgehead atoms. The van der Waals surface area contributed by atoms with Crippen LogP contribution in [-0.4, -0.2) is 48.3 Å². The Morgan fingerprint density at radius 1 is 1.30 bits per heavy atom. The Bertz CT molecular complexity index is 554. The monoisotopic (exact) mass is 288 g/mol. The molecule has 1 unspecified atom stereocenters. The maximum absolute atomic E-state index is 4.34. The Morgan fingerprint density at radius 2 is 2.10 bits per heavy atom. The molecule has 1 aliphatic rings. The number of benzene rings is 1. The predicted molar refractivity (Wildman–Crippen MR) is 84.3 cm³/mol. The number of nitrogens with zero attached hydrogens (tertiary/aromatic N) is 4. The van der Waals surface area contributed by atoms with Crippen LogP contribution in [0.15, 0.2) is 30.3 Å². The van der Waals surface area contributed by atoms with Gasteiger partial charge < -0.3 is 9.80 Å². The first-order valence-corrected chi connectivity index (χ1v) is 7.86. The molecular formula is C15H20N4S. The Balaban J connectivity index is 1.70. The number of rotatable bonds is 4. The van der Waals surface area contributed by atoms with Gasteiger partial charge in [0.05, 0.1) is 0 Å². The summed E-state index contributed by atoms with van der Waals surface area (Å²) in [5.41, 5.74) is 1.14. The van der Waals surface area contributed by atoms with Gasteiger partial charge in [0.2, 0.25) is 5.13 Å². The fourth-order valence-corrected chi connectivity index (χ4v) is 3.49. The molecule has 106 valence electrons. The van der Waals surface area contributed by atoms with Crippen LogP contribution < -0.4 is 4.90 Å². The van der Waals surface area contributed by atoms with E-state index in [1.165, 1.54) is 19.4 Å². The molecule has 1 saturated heterocycles. The van der Waals surface area contributed by atoms with Gasteiger partial charge in [-0.2, -0.15) is 0 Å². The smallest absolute Gasteiger partial charge is 0.208 e. The molecule has 0 aliphatic carbocycles. The maximum Gasteiger partial charge on any atom is 0.208 e. The number of hydrogen-bond donors (Lipinski definition) is 0. The minimum Gasteiger partial charge on any atom is -0.348 e. The third-order valence-corrected chi connectivity index (χ3v) is 5.00. The van der Waals surface area contributed by atoms with Crippen molar-refractivity contribution in [3.8, 4) is 10.6 Å². The van der Waals surface area contributed by atoms with Crippen LogP contribution in [0.2, 0.25) is 0 Å². The van der Waals surface area contributed by atoms with Crippen LogP contribution in [0, 0.1) is 0 Å². The highest BCUT2D eigenvalue weighted by Crippen LogP contribution is 2.28. The molecule has 4 nitrogen and oxygen atoms in total. The van der Waals surface area contributed by atoms with Gasteiger partial charge >= 0.3 is 0 Å². The molecular weight excluding hydrogens is 268 g/mol. The van der Waals surface area contributed by atoms with E-state index in [1.54, 1.807) is 11.3 Å². The van der Waals surface area contributed by atoms with E-state index in [0.29, 0.717) is 6.04 Å². The summed E-state index contributed by atoms with van der Waals surface area (Å²) in [6.07, 6.45) is 2.59. The topological polar surface area (TPSA) is 32.3 Å². The summed E-state index contributed by atoms with van der Waals surface area (Å²) in [7, 11) is 4.32. The minimum atomic E-state index is 0.643. The zero-order chi connectivity index (χ0) is 13.9. The number of aromatic nitrogens is 2. The molecule has 1 atom stereocenters. The second-order valence-electron chi connectivity index (χ2n) is 5.41.